The van der Waals surface area contributed by atoms with Gasteiger partial charge in [-0.15, -0.1) is 0 Å². The van der Waals surface area contributed by atoms with Crippen molar-refractivity contribution in [2.75, 3.05) is 6.54 Å². The summed E-state index contributed by atoms with van der Waals surface area (Å²) in [6, 6.07) is 5.14. The summed E-state index contributed by atoms with van der Waals surface area (Å²) in [6.07, 6.45) is 2.74. The van der Waals surface area contributed by atoms with Gasteiger partial charge in [0.15, 0.2) is 0 Å². The molecule has 2 N–H and O–H groups in total. The van der Waals surface area contributed by atoms with E-state index in [1.54, 1.807) is 24.4 Å². The van der Waals surface area contributed by atoms with Gasteiger partial charge in [0, 0.05) is 18.9 Å². The number of aliphatic hydroxyl groups excluding tert-OH is 1. The lowest BCUT2D eigenvalue weighted by atomic mass is 10.2. The molecule has 1 amide bonds. The van der Waals surface area contributed by atoms with Gasteiger partial charge in [-0.1, -0.05) is 13.0 Å². The lowest BCUT2D eigenvalue weighted by Crippen LogP contribution is -2.35. The van der Waals surface area contributed by atoms with Crippen LogP contribution in [0.25, 0.3) is 5.65 Å². The van der Waals surface area contributed by atoms with Crippen molar-refractivity contribution in [1.29, 1.82) is 0 Å². The monoisotopic (exact) mass is 261 g/mol. The zero-order valence-electron chi connectivity index (χ0n) is 10.5. The van der Waals surface area contributed by atoms with Crippen molar-refractivity contribution in [3.8, 4) is 0 Å². The SMILES string of the molecule is CCC(O)CNC(=O)c1cnc2ccccn2c1=O. The van der Waals surface area contributed by atoms with E-state index in [1.807, 2.05) is 6.92 Å². The number of nitrogens with zero attached hydrogens (tertiary/aromatic N) is 2. The fourth-order valence-corrected chi connectivity index (χ4v) is 1.63. The fraction of sp³-hybridized carbons (Fsp3) is 0.308. The average Bonchev–Trinajstić information content (AvgIpc) is 2.45. The summed E-state index contributed by atoms with van der Waals surface area (Å²) < 4.78 is 1.31. The van der Waals surface area contributed by atoms with Gasteiger partial charge in [-0.3, -0.25) is 14.0 Å². The Hall–Kier alpha value is -2.21. The third-order valence-corrected chi connectivity index (χ3v) is 2.83. The molecule has 0 bridgehead atoms. The van der Waals surface area contributed by atoms with Crippen molar-refractivity contribution in [1.82, 2.24) is 14.7 Å². The molecule has 0 spiro atoms. The topological polar surface area (TPSA) is 83.7 Å². The van der Waals surface area contributed by atoms with Gasteiger partial charge in [-0.05, 0) is 18.6 Å². The molecule has 2 aromatic rings. The maximum absolute atomic E-state index is 12.1. The number of carbonyl (C=O) groups is 1. The molecule has 0 aliphatic heterocycles. The number of carbonyl (C=O) groups excluding carboxylic acids is 1. The van der Waals surface area contributed by atoms with Crippen molar-refractivity contribution in [3.05, 3.63) is 46.5 Å². The number of nitrogens with one attached hydrogen (secondary N) is 1. The predicted molar refractivity (Wildman–Crippen MR) is 70.1 cm³/mol. The summed E-state index contributed by atoms with van der Waals surface area (Å²) in [7, 11) is 0. The Kier molecular flexibility index (Phi) is 3.91. The first kappa shape index (κ1) is 13.2. The molecular weight excluding hydrogens is 246 g/mol. The van der Waals surface area contributed by atoms with Crippen LogP contribution in [0.2, 0.25) is 0 Å². The summed E-state index contributed by atoms with van der Waals surface area (Å²) in [6.45, 7) is 1.93. The Balaban J connectivity index is 2.28. The van der Waals surface area contributed by atoms with Gasteiger partial charge >= 0.3 is 0 Å². The standard InChI is InChI=1S/C13H15N3O3/c1-2-9(17)7-15-12(18)10-8-14-11-5-3-4-6-16(11)13(10)19/h3-6,8-9,17H,2,7H2,1H3,(H,15,18). The Bertz CT molecular complexity index is 651. The molecule has 19 heavy (non-hydrogen) atoms. The second-order valence-corrected chi connectivity index (χ2v) is 4.18. The fourth-order valence-electron chi connectivity index (χ4n) is 1.63. The molecular formula is C13H15N3O3. The molecule has 0 aliphatic rings. The minimum atomic E-state index is -0.611. The number of rotatable bonds is 4. The number of aliphatic hydroxyl groups is 1. The highest BCUT2D eigenvalue weighted by molar-refractivity contribution is 5.93. The molecule has 0 radical (unpaired) electrons. The second-order valence-electron chi connectivity index (χ2n) is 4.18. The molecule has 2 rings (SSSR count). The van der Waals surface area contributed by atoms with E-state index < -0.39 is 17.6 Å². The minimum Gasteiger partial charge on any atom is -0.391 e. The molecule has 0 fully saturated rings. The molecule has 0 saturated carbocycles. The van der Waals surface area contributed by atoms with Crippen LogP contribution in [0.5, 0.6) is 0 Å². The molecule has 6 heteroatoms. The molecule has 1 atom stereocenters. The summed E-state index contributed by atoms with van der Waals surface area (Å²) >= 11 is 0. The van der Waals surface area contributed by atoms with Crippen molar-refractivity contribution < 1.29 is 9.90 Å². The van der Waals surface area contributed by atoms with Crippen LogP contribution in [0.3, 0.4) is 0 Å². The zero-order chi connectivity index (χ0) is 13.8. The van der Waals surface area contributed by atoms with E-state index in [4.69, 9.17) is 0 Å². The van der Waals surface area contributed by atoms with E-state index in [2.05, 4.69) is 10.3 Å². The first-order chi connectivity index (χ1) is 9.13. The number of amides is 1. The van der Waals surface area contributed by atoms with Crippen LogP contribution >= 0.6 is 0 Å². The van der Waals surface area contributed by atoms with E-state index >= 15 is 0 Å². The van der Waals surface area contributed by atoms with Crippen molar-refractivity contribution >= 4 is 11.6 Å². The largest absolute Gasteiger partial charge is 0.391 e. The Morgan fingerprint density at radius 2 is 2.32 bits per heavy atom. The van der Waals surface area contributed by atoms with Crippen LogP contribution in [-0.2, 0) is 0 Å². The zero-order valence-corrected chi connectivity index (χ0v) is 10.5. The average molecular weight is 261 g/mol. The second kappa shape index (κ2) is 5.62. The molecule has 2 heterocycles. The van der Waals surface area contributed by atoms with E-state index in [1.165, 1.54) is 10.6 Å². The maximum Gasteiger partial charge on any atom is 0.270 e. The highest BCUT2D eigenvalue weighted by atomic mass is 16.3. The van der Waals surface area contributed by atoms with Crippen LogP contribution in [-0.4, -0.2) is 33.0 Å². The smallest absolute Gasteiger partial charge is 0.270 e. The highest BCUT2D eigenvalue weighted by Gasteiger charge is 2.13. The quantitative estimate of drug-likeness (QED) is 0.823. The number of pyridine rings is 1. The number of hydrogen-bond acceptors (Lipinski definition) is 4. The van der Waals surface area contributed by atoms with Gasteiger partial charge in [0.2, 0.25) is 0 Å². The lowest BCUT2D eigenvalue weighted by Gasteiger charge is -2.09. The van der Waals surface area contributed by atoms with E-state index in [0.717, 1.165) is 0 Å². The van der Waals surface area contributed by atoms with Crippen LogP contribution in [0.1, 0.15) is 23.7 Å². The Morgan fingerprint density at radius 1 is 1.53 bits per heavy atom. The third-order valence-electron chi connectivity index (χ3n) is 2.83. The first-order valence-electron chi connectivity index (χ1n) is 6.06. The van der Waals surface area contributed by atoms with Crippen LogP contribution in [0.15, 0.2) is 35.4 Å². The van der Waals surface area contributed by atoms with Crippen LogP contribution in [0.4, 0.5) is 0 Å². The van der Waals surface area contributed by atoms with Crippen molar-refractivity contribution in [3.63, 3.8) is 0 Å². The molecule has 0 aromatic carbocycles. The lowest BCUT2D eigenvalue weighted by molar-refractivity contribution is 0.0912. The van der Waals surface area contributed by atoms with Gasteiger partial charge in [-0.25, -0.2) is 4.98 Å². The molecule has 100 valence electrons. The van der Waals surface area contributed by atoms with E-state index in [9.17, 15) is 14.7 Å². The highest BCUT2D eigenvalue weighted by Crippen LogP contribution is 1.97. The third kappa shape index (κ3) is 2.79. The van der Waals surface area contributed by atoms with Gasteiger partial charge in [0.25, 0.3) is 11.5 Å². The molecule has 2 aromatic heterocycles. The van der Waals surface area contributed by atoms with Gasteiger partial charge in [-0.2, -0.15) is 0 Å². The predicted octanol–water partition coefficient (Wildman–Crippen LogP) is 0.195. The molecule has 0 saturated heterocycles. The minimum absolute atomic E-state index is 0.0352. The van der Waals surface area contributed by atoms with Gasteiger partial charge < -0.3 is 10.4 Å². The molecule has 6 nitrogen and oxygen atoms in total. The number of aromatic nitrogens is 2. The van der Waals surface area contributed by atoms with Crippen LogP contribution in [0, 0.1) is 0 Å². The Morgan fingerprint density at radius 3 is 3.05 bits per heavy atom. The molecule has 1 unspecified atom stereocenters. The van der Waals surface area contributed by atoms with Gasteiger partial charge in [0.05, 0.1) is 6.10 Å². The molecule has 0 aliphatic carbocycles. The van der Waals surface area contributed by atoms with Crippen molar-refractivity contribution in [2.45, 2.75) is 19.4 Å². The summed E-state index contributed by atoms with van der Waals surface area (Å²) in [5.74, 6) is -0.525. The van der Waals surface area contributed by atoms with Gasteiger partial charge in [0.1, 0.15) is 11.2 Å². The van der Waals surface area contributed by atoms with Crippen molar-refractivity contribution in [2.24, 2.45) is 0 Å². The first-order valence-corrected chi connectivity index (χ1v) is 6.06. The van der Waals surface area contributed by atoms with E-state index in [-0.39, 0.29) is 12.1 Å². The summed E-state index contributed by atoms with van der Waals surface area (Å²) in [5, 5.41) is 11.9. The normalized spacial score (nSPS) is 12.3. The summed E-state index contributed by atoms with van der Waals surface area (Å²) in [4.78, 5) is 28.0. The van der Waals surface area contributed by atoms with E-state index in [0.29, 0.717) is 12.1 Å². The van der Waals surface area contributed by atoms with Crippen LogP contribution < -0.4 is 10.9 Å². The Labute approximate surface area is 109 Å². The number of fused-ring (bicyclic) bond motifs is 1. The summed E-state index contributed by atoms with van der Waals surface area (Å²) in [5.41, 5.74) is 0.0266. The maximum atomic E-state index is 12.1. The number of hydrogen-bond donors (Lipinski definition) is 2.